The lowest BCUT2D eigenvalue weighted by molar-refractivity contribution is -0.384. The van der Waals surface area contributed by atoms with Crippen LogP contribution in [0.5, 0.6) is 0 Å². The summed E-state index contributed by atoms with van der Waals surface area (Å²) in [5.41, 5.74) is 0.935. The van der Waals surface area contributed by atoms with Crippen LogP contribution in [0.4, 0.5) is 5.69 Å². The van der Waals surface area contributed by atoms with Gasteiger partial charge in [0, 0.05) is 21.3 Å². The number of non-ortho nitro benzene ring substituents is 1. The van der Waals surface area contributed by atoms with Gasteiger partial charge >= 0.3 is 5.97 Å². The highest BCUT2D eigenvalue weighted by molar-refractivity contribution is 14.1. The van der Waals surface area contributed by atoms with Gasteiger partial charge in [0.05, 0.1) is 10.5 Å². The van der Waals surface area contributed by atoms with E-state index in [2.05, 4.69) is 32.8 Å². The zero-order valence-corrected chi connectivity index (χ0v) is 14.7. The Bertz CT molecular complexity index is 924. The predicted octanol–water partition coefficient (Wildman–Crippen LogP) is 3.61. The molecule has 9 heteroatoms. The smallest absolute Gasteiger partial charge is 0.338 e. The molecule has 0 atom stereocenters. The van der Waals surface area contributed by atoms with Crippen molar-refractivity contribution in [3.63, 3.8) is 0 Å². The van der Waals surface area contributed by atoms with Crippen LogP contribution in [0.25, 0.3) is 11.5 Å². The quantitative estimate of drug-likeness (QED) is 0.252. The van der Waals surface area contributed by atoms with Crippen LogP contribution in [0.2, 0.25) is 0 Å². The van der Waals surface area contributed by atoms with Crippen LogP contribution in [0.15, 0.2) is 52.9 Å². The van der Waals surface area contributed by atoms with Crippen molar-refractivity contribution < 1.29 is 18.9 Å². The average molecular weight is 451 g/mol. The zero-order valence-electron chi connectivity index (χ0n) is 12.6. The molecule has 25 heavy (non-hydrogen) atoms. The first-order valence-electron chi connectivity index (χ1n) is 7.03. The SMILES string of the molecule is O=C(OCc1nnc(-c2ccc([N+](=O)[O-])cc2)o1)c1cccc(I)c1. The van der Waals surface area contributed by atoms with Crippen molar-refractivity contribution >= 4 is 34.2 Å². The van der Waals surface area contributed by atoms with Crippen molar-refractivity contribution in [2.24, 2.45) is 0 Å². The normalized spacial score (nSPS) is 10.4. The van der Waals surface area contributed by atoms with Crippen LogP contribution in [-0.4, -0.2) is 21.1 Å². The summed E-state index contributed by atoms with van der Waals surface area (Å²) in [5, 5.41) is 18.3. The van der Waals surface area contributed by atoms with Crippen molar-refractivity contribution in [2.75, 3.05) is 0 Å². The number of esters is 1. The molecule has 0 aliphatic carbocycles. The standard InChI is InChI=1S/C16H10IN3O5/c17-12-3-1-2-11(8-12)16(21)24-9-14-18-19-15(25-14)10-4-6-13(7-5-10)20(22)23/h1-8H,9H2. The summed E-state index contributed by atoms with van der Waals surface area (Å²) in [6, 6.07) is 12.7. The van der Waals surface area contributed by atoms with E-state index in [1.54, 1.807) is 18.2 Å². The Kier molecular flexibility index (Phi) is 5.03. The molecule has 0 radical (unpaired) electrons. The fourth-order valence-electron chi connectivity index (χ4n) is 1.98. The minimum atomic E-state index is -0.493. The minimum absolute atomic E-state index is 0.0325. The molecule has 0 N–H and O–H groups in total. The van der Waals surface area contributed by atoms with E-state index in [-0.39, 0.29) is 24.1 Å². The Morgan fingerprint density at radius 2 is 1.96 bits per heavy atom. The largest absolute Gasteiger partial charge is 0.452 e. The number of nitrogens with zero attached hydrogens (tertiary/aromatic N) is 3. The van der Waals surface area contributed by atoms with Gasteiger partial charge in [-0.3, -0.25) is 10.1 Å². The van der Waals surface area contributed by atoms with E-state index in [0.717, 1.165) is 3.57 Å². The summed E-state index contributed by atoms with van der Waals surface area (Å²) in [7, 11) is 0. The lowest BCUT2D eigenvalue weighted by atomic mass is 10.2. The highest BCUT2D eigenvalue weighted by Gasteiger charge is 2.13. The van der Waals surface area contributed by atoms with Gasteiger partial charge < -0.3 is 9.15 Å². The topological polar surface area (TPSA) is 108 Å². The van der Waals surface area contributed by atoms with Crippen LogP contribution in [-0.2, 0) is 11.3 Å². The molecule has 0 bridgehead atoms. The molecule has 126 valence electrons. The second kappa shape index (κ2) is 7.38. The monoisotopic (exact) mass is 451 g/mol. The number of carbonyl (C=O) groups excluding carboxylic acids is 1. The Hall–Kier alpha value is -2.82. The molecule has 0 saturated heterocycles. The lowest BCUT2D eigenvalue weighted by Crippen LogP contribution is -2.05. The van der Waals surface area contributed by atoms with Gasteiger partial charge in [0.15, 0.2) is 6.61 Å². The maximum atomic E-state index is 12.0. The second-order valence-corrected chi connectivity index (χ2v) is 6.14. The third-order valence-corrected chi connectivity index (χ3v) is 3.85. The van der Waals surface area contributed by atoms with Crippen molar-refractivity contribution in [3.05, 3.63) is 73.7 Å². The van der Waals surface area contributed by atoms with Gasteiger partial charge in [-0.2, -0.15) is 0 Å². The van der Waals surface area contributed by atoms with E-state index < -0.39 is 10.9 Å². The lowest BCUT2D eigenvalue weighted by Gasteiger charge is -2.02. The predicted molar refractivity (Wildman–Crippen MR) is 94.7 cm³/mol. The molecule has 2 aromatic carbocycles. The van der Waals surface area contributed by atoms with E-state index in [1.165, 1.54) is 24.3 Å². The number of nitro benzene ring substituents is 1. The van der Waals surface area contributed by atoms with Crippen molar-refractivity contribution in [1.82, 2.24) is 10.2 Å². The van der Waals surface area contributed by atoms with E-state index in [4.69, 9.17) is 9.15 Å². The van der Waals surface area contributed by atoms with Crippen LogP contribution in [0, 0.1) is 13.7 Å². The molecular formula is C16H10IN3O5. The maximum Gasteiger partial charge on any atom is 0.338 e. The Labute approximate surface area is 155 Å². The second-order valence-electron chi connectivity index (χ2n) is 4.89. The first-order valence-corrected chi connectivity index (χ1v) is 8.11. The molecule has 0 amide bonds. The first kappa shape index (κ1) is 17.0. The van der Waals surface area contributed by atoms with Crippen LogP contribution in [0.1, 0.15) is 16.2 Å². The Morgan fingerprint density at radius 1 is 1.20 bits per heavy atom. The van der Waals surface area contributed by atoms with Crippen LogP contribution in [0.3, 0.4) is 0 Å². The van der Waals surface area contributed by atoms with E-state index in [1.807, 2.05) is 6.07 Å². The molecule has 8 nitrogen and oxygen atoms in total. The average Bonchev–Trinajstić information content (AvgIpc) is 3.08. The number of hydrogen-bond acceptors (Lipinski definition) is 7. The van der Waals surface area contributed by atoms with Gasteiger partial charge in [0.25, 0.3) is 11.6 Å². The van der Waals surface area contributed by atoms with Crippen molar-refractivity contribution in [3.8, 4) is 11.5 Å². The molecule has 0 spiro atoms. The number of ether oxygens (including phenoxy) is 1. The summed E-state index contributed by atoms with van der Waals surface area (Å²) in [5.74, 6) is -0.170. The molecule has 0 aliphatic rings. The molecule has 0 unspecified atom stereocenters. The van der Waals surface area contributed by atoms with Gasteiger partial charge in [-0.15, -0.1) is 10.2 Å². The van der Waals surface area contributed by atoms with Gasteiger partial charge in [-0.05, 0) is 52.9 Å². The maximum absolute atomic E-state index is 12.0. The molecule has 0 fully saturated rings. The number of hydrogen-bond donors (Lipinski definition) is 0. The molecular weight excluding hydrogens is 441 g/mol. The van der Waals surface area contributed by atoms with E-state index >= 15 is 0 Å². The molecule has 3 aromatic rings. The van der Waals surface area contributed by atoms with Gasteiger partial charge in [-0.1, -0.05) is 6.07 Å². The van der Waals surface area contributed by atoms with Gasteiger partial charge in [0.2, 0.25) is 5.89 Å². The fourth-order valence-corrected chi connectivity index (χ4v) is 2.52. The number of benzene rings is 2. The van der Waals surface area contributed by atoms with Crippen LogP contribution < -0.4 is 0 Å². The molecule has 1 aromatic heterocycles. The summed E-state index contributed by atoms with van der Waals surface area (Å²) >= 11 is 2.10. The number of aromatic nitrogens is 2. The first-order chi connectivity index (χ1) is 12.0. The van der Waals surface area contributed by atoms with Gasteiger partial charge in [-0.25, -0.2) is 4.79 Å². The summed E-state index contributed by atoms with van der Waals surface area (Å²) < 4.78 is 11.5. The van der Waals surface area contributed by atoms with Crippen LogP contribution >= 0.6 is 22.6 Å². The van der Waals surface area contributed by atoms with E-state index in [9.17, 15) is 14.9 Å². The molecule has 0 aliphatic heterocycles. The van der Waals surface area contributed by atoms with E-state index in [0.29, 0.717) is 11.1 Å². The number of halogens is 1. The van der Waals surface area contributed by atoms with Crippen molar-refractivity contribution in [2.45, 2.75) is 6.61 Å². The minimum Gasteiger partial charge on any atom is -0.452 e. The zero-order chi connectivity index (χ0) is 17.8. The highest BCUT2D eigenvalue weighted by atomic mass is 127. The summed E-state index contributed by atoms with van der Waals surface area (Å²) in [4.78, 5) is 22.1. The Balaban J connectivity index is 1.65. The molecule has 1 heterocycles. The summed E-state index contributed by atoms with van der Waals surface area (Å²) in [6.45, 7) is -0.162. The third kappa shape index (κ3) is 4.18. The number of rotatable bonds is 5. The van der Waals surface area contributed by atoms with Gasteiger partial charge in [0.1, 0.15) is 0 Å². The summed E-state index contributed by atoms with van der Waals surface area (Å²) in [6.07, 6.45) is 0. The molecule has 3 rings (SSSR count). The number of carbonyl (C=O) groups is 1. The van der Waals surface area contributed by atoms with Crippen molar-refractivity contribution in [1.29, 1.82) is 0 Å². The Morgan fingerprint density at radius 3 is 2.64 bits per heavy atom. The molecule has 0 saturated carbocycles. The fraction of sp³-hybridized carbons (Fsp3) is 0.0625. The third-order valence-electron chi connectivity index (χ3n) is 3.18. The number of nitro groups is 1. The highest BCUT2D eigenvalue weighted by Crippen LogP contribution is 2.21.